The molecule has 5 heteroatoms. The standard InChI is InChI=1S/C8H17NO4/c1-4-6(9)7(11)8(12-2)5(3-10)13-4/h4-8,10-11H,3,9H2,1-2H3/q+1. The van der Waals surface area contributed by atoms with E-state index in [9.17, 15) is 5.11 Å². The molecule has 4 N–H and O–H groups in total. The van der Waals surface area contributed by atoms with Crippen molar-refractivity contribution < 1.29 is 25.4 Å². The molecule has 5 unspecified atom stereocenters. The highest BCUT2D eigenvalue weighted by molar-refractivity contribution is 4.90. The summed E-state index contributed by atoms with van der Waals surface area (Å²) in [5, 5.41) is 18.6. The first-order chi connectivity index (χ1) is 6.11. The zero-order valence-electron chi connectivity index (χ0n) is 7.88. The zero-order valence-corrected chi connectivity index (χ0v) is 7.88. The van der Waals surface area contributed by atoms with Crippen molar-refractivity contribution in [3.05, 3.63) is 0 Å². The Hall–Kier alpha value is -0.200. The molecular weight excluding hydrogens is 174 g/mol. The molecule has 1 saturated heterocycles. The summed E-state index contributed by atoms with van der Waals surface area (Å²) in [7, 11) is 1.46. The summed E-state index contributed by atoms with van der Waals surface area (Å²) in [6.07, 6.45) is -2.09. The number of nitrogens with two attached hydrogens (primary N) is 1. The lowest BCUT2D eigenvalue weighted by atomic mass is 9.94. The van der Waals surface area contributed by atoms with Crippen molar-refractivity contribution in [2.45, 2.75) is 37.4 Å². The predicted molar refractivity (Wildman–Crippen MR) is 43.9 cm³/mol. The average molecular weight is 191 g/mol. The Bertz CT molecular complexity index is 164. The van der Waals surface area contributed by atoms with Crippen LogP contribution in [0.4, 0.5) is 0 Å². The van der Waals surface area contributed by atoms with Crippen molar-refractivity contribution in [2.24, 2.45) is 0 Å². The second-order valence-corrected chi connectivity index (χ2v) is 3.33. The van der Waals surface area contributed by atoms with Gasteiger partial charge in [-0.05, 0) is 6.92 Å². The van der Waals surface area contributed by atoms with Crippen molar-refractivity contribution in [3.63, 3.8) is 0 Å². The van der Waals surface area contributed by atoms with Gasteiger partial charge < -0.3 is 19.7 Å². The van der Waals surface area contributed by atoms with Crippen molar-refractivity contribution in [1.82, 2.24) is 0 Å². The van der Waals surface area contributed by atoms with E-state index in [4.69, 9.17) is 20.3 Å². The summed E-state index contributed by atoms with van der Waals surface area (Å²) in [5.41, 5.74) is 5.67. The third kappa shape index (κ3) is 2.00. The van der Waals surface area contributed by atoms with Crippen molar-refractivity contribution in [3.8, 4) is 0 Å². The Labute approximate surface area is 77.4 Å². The van der Waals surface area contributed by atoms with Crippen LogP contribution in [0.25, 0.3) is 0 Å². The first kappa shape index (κ1) is 10.9. The van der Waals surface area contributed by atoms with Crippen LogP contribution in [0.3, 0.4) is 0 Å². The molecule has 0 aromatic carbocycles. The van der Waals surface area contributed by atoms with Crippen LogP contribution in [0, 0.1) is 0 Å². The largest absolute Gasteiger partial charge is 0.394 e. The second-order valence-electron chi connectivity index (χ2n) is 3.33. The van der Waals surface area contributed by atoms with Crippen LogP contribution < -0.4 is 5.73 Å². The van der Waals surface area contributed by atoms with Crippen LogP contribution in [-0.4, -0.2) is 54.4 Å². The zero-order chi connectivity index (χ0) is 10.0. The molecule has 5 nitrogen and oxygen atoms in total. The molecule has 5 atom stereocenters. The molecule has 1 fully saturated rings. The second kappa shape index (κ2) is 4.34. The van der Waals surface area contributed by atoms with Gasteiger partial charge in [0.25, 0.3) is 0 Å². The summed E-state index contributed by atoms with van der Waals surface area (Å²) >= 11 is 0. The Balaban J connectivity index is 2.69. The van der Waals surface area contributed by atoms with Gasteiger partial charge in [-0.2, -0.15) is 5.73 Å². The molecule has 0 aliphatic carbocycles. The summed E-state index contributed by atoms with van der Waals surface area (Å²) < 4.78 is 10.4. The highest BCUT2D eigenvalue weighted by Crippen LogP contribution is 2.20. The molecule has 77 valence electrons. The van der Waals surface area contributed by atoms with Gasteiger partial charge in [0.15, 0.2) is 6.04 Å². The van der Waals surface area contributed by atoms with E-state index in [1.807, 2.05) is 0 Å². The van der Waals surface area contributed by atoms with Crippen molar-refractivity contribution >= 4 is 0 Å². The van der Waals surface area contributed by atoms with Crippen LogP contribution in [0.2, 0.25) is 0 Å². The molecule has 1 heterocycles. The minimum Gasteiger partial charge on any atom is -0.394 e. The lowest BCUT2D eigenvalue weighted by Gasteiger charge is -2.37. The lowest BCUT2D eigenvalue weighted by molar-refractivity contribution is -0.476. The van der Waals surface area contributed by atoms with Crippen LogP contribution >= 0.6 is 0 Å². The maximum Gasteiger partial charge on any atom is 0.183 e. The first-order valence-corrected chi connectivity index (χ1v) is 4.34. The Kier molecular flexibility index (Phi) is 3.63. The number of hydrogen-bond donors (Lipinski definition) is 3. The van der Waals surface area contributed by atoms with Crippen LogP contribution in [0.5, 0.6) is 0 Å². The van der Waals surface area contributed by atoms with Crippen LogP contribution in [0.1, 0.15) is 6.92 Å². The maximum absolute atomic E-state index is 9.67. The molecule has 1 radical (unpaired) electrons. The van der Waals surface area contributed by atoms with Gasteiger partial charge in [0.2, 0.25) is 0 Å². The van der Waals surface area contributed by atoms with Gasteiger partial charge in [-0.25, -0.2) is 0 Å². The summed E-state index contributed by atoms with van der Waals surface area (Å²) in [6.45, 7) is 1.59. The molecule has 1 aliphatic heterocycles. The van der Waals surface area contributed by atoms with E-state index in [0.29, 0.717) is 0 Å². The SMILES string of the molecule is COC1C(CO)OC(C)C([NH2+])C1O. The quantitative estimate of drug-likeness (QED) is 0.452. The molecular formula is C8H17NO4+. The smallest absolute Gasteiger partial charge is 0.183 e. The van der Waals surface area contributed by atoms with Gasteiger partial charge in [-0.3, -0.25) is 0 Å². The van der Waals surface area contributed by atoms with Gasteiger partial charge in [0.05, 0.1) is 6.61 Å². The third-order valence-corrected chi connectivity index (χ3v) is 2.48. The number of ether oxygens (including phenoxy) is 2. The molecule has 13 heavy (non-hydrogen) atoms. The number of hydrogen-bond acceptors (Lipinski definition) is 5. The molecule has 1 rings (SSSR count). The fraction of sp³-hybridized carbons (Fsp3) is 1.00. The lowest BCUT2D eigenvalue weighted by Crippen LogP contribution is -2.77. The Morgan fingerprint density at radius 2 is 2.15 bits per heavy atom. The minimum absolute atomic E-state index is 0.174. The average Bonchev–Trinajstić information content (AvgIpc) is 2.13. The van der Waals surface area contributed by atoms with E-state index in [0.717, 1.165) is 0 Å². The molecule has 0 amide bonds. The minimum atomic E-state index is -0.786. The van der Waals surface area contributed by atoms with E-state index in [1.165, 1.54) is 7.11 Å². The molecule has 0 aromatic heterocycles. The van der Waals surface area contributed by atoms with Crippen molar-refractivity contribution in [2.75, 3.05) is 13.7 Å². The highest BCUT2D eigenvalue weighted by Gasteiger charge is 2.45. The predicted octanol–water partition coefficient (Wildman–Crippen LogP) is -2.46. The third-order valence-electron chi connectivity index (χ3n) is 2.48. The number of aliphatic hydroxyl groups excluding tert-OH is 2. The Morgan fingerprint density at radius 1 is 1.54 bits per heavy atom. The normalized spacial score (nSPS) is 46.4. The van der Waals surface area contributed by atoms with E-state index in [1.54, 1.807) is 6.92 Å². The molecule has 0 bridgehead atoms. The van der Waals surface area contributed by atoms with E-state index in [-0.39, 0.29) is 12.7 Å². The topological polar surface area (TPSA) is 84.2 Å². The fourth-order valence-electron chi connectivity index (χ4n) is 1.60. The van der Waals surface area contributed by atoms with E-state index < -0.39 is 24.4 Å². The van der Waals surface area contributed by atoms with Crippen molar-refractivity contribution in [1.29, 1.82) is 0 Å². The van der Waals surface area contributed by atoms with Gasteiger partial charge in [0, 0.05) is 7.11 Å². The van der Waals surface area contributed by atoms with Gasteiger partial charge in [-0.1, -0.05) is 0 Å². The summed E-state index contributed by atoms with van der Waals surface area (Å²) in [6, 6.07) is -0.465. The highest BCUT2D eigenvalue weighted by atomic mass is 16.6. The first-order valence-electron chi connectivity index (χ1n) is 4.34. The van der Waals surface area contributed by atoms with Crippen LogP contribution in [-0.2, 0) is 9.47 Å². The molecule has 0 spiro atoms. The fourth-order valence-corrected chi connectivity index (χ4v) is 1.60. The molecule has 1 aliphatic rings. The van der Waals surface area contributed by atoms with Crippen LogP contribution in [0.15, 0.2) is 0 Å². The van der Waals surface area contributed by atoms with E-state index >= 15 is 0 Å². The maximum atomic E-state index is 9.67. The van der Waals surface area contributed by atoms with E-state index in [2.05, 4.69) is 0 Å². The Morgan fingerprint density at radius 3 is 2.62 bits per heavy atom. The molecule has 0 aromatic rings. The molecule has 0 saturated carbocycles. The monoisotopic (exact) mass is 191 g/mol. The number of methoxy groups -OCH3 is 1. The van der Waals surface area contributed by atoms with Gasteiger partial charge >= 0.3 is 0 Å². The number of rotatable bonds is 2. The summed E-state index contributed by atoms with van der Waals surface area (Å²) in [4.78, 5) is 0. The van der Waals surface area contributed by atoms with Gasteiger partial charge in [-0.15, -0.1) is 0 Å². The summed E-state index contributed by atoms with van der Waals surface area (Å²) in [5.74, 6) is 0. The van der Waals surface area contributed by atoms with Gasteiger partial charge in [0.1, 0.15) is 24.4 Å². The number of aliphatic hydroxyl groups is 2.